The summed E-state index contributed by atoms with van der Waals surface area (Å²) in [7, 11) is 0. The summed E-state index contributed by atoms with van der Waals surface area (Å²) in [4.78, 5) is 10.2. The van der Waals surface area contributed by atoms with Gasteiger partial charge in [-0.05, 0) is 19.3 Å². The van der Waals surface area contributed by atoms with E-state index < -0.39 is 0 Å². The van der Waals surface area contributed by atoms with Crippen LogP contribution in [-0.2, 0) is 4.79 Å². The molecular weight excluding hydrogens is 174 g/mol. The average molecular weight is 199 g/mol. The fraction of sp³-hybridized carbons (Fsp3) is 0.917. The number of nitrogens with one attached hydrogen (secondary N) is 1. The predicted molar refractivity (Wildman–Crippen MR) is 61.2 cm³/mol. The number of carbonyl (C=O) groups excluding carboxylic acids is 1. The maximum atomic E-state index is 10.2. The standard InChI is InChI=1S/C12H25NO/c1-4-5-6-7-8-9-11(2)12(3)13-10-14/h10-12H,4-9H2,1-3H3,(H,13,14). The number of carbonyl (C=O) groups is 1. The molecule has 0 aliphatic rings. The Kier molecular flexibility index (Phi) is 8.70. The van der Waals surface area contributed by atoms with Crippen LogP contribution in [0.3, 0.4) is 0 Å². The van der Waals surface area contributed by atoms with Crippen LogP contribution >= 0.6 is 0 Å². The largest absolute Gasteiger partial charge is 0.356 e. The molecule has 0 aromatic rings. The van der Waals surface area contributed by atoms with Crippen molar-refractivity contribution in [2.24, 2.45) is 5.92 Å². The lowest BCUT2D eigenvalue weighted by molar-refractivity contribution is -0.110. The molecule has 0 fully saturated rings. The molecule has 2 heteroatoms. The molecule has 0 rings (SSSR count). The van der Waals surface area contributed by atoms with Crippen LogP contribution in [0.15, 0.2) is 0 Å². The zero-order valence-corrected chi connectivity index (χ0v) is 9.88. The van der Waals surface area contributed by atoms with Gasteiger partial charge in [0, 0.05) is 6.04 Å². The zero-order chi connectivity index (χ0) is 10.8. The van der Waals surface area contributed by atoms with Crippen LogP contribution in [0, 0.1) is 5.92 Å². The lowest BCUT2D eigenvalue weighted by atomic mass is 9.96. The van der Waals surface area contributed by atoms with Gasteiger partial charge in [0.15, 0.2) is 0 Å². The molecule has 1 amide bonds. The normalized spacial score (nSPS) is 14.8. The summed E-state index contributed by atoms with van der Waals surface area (Å²) in [6, 6.07) is 0.318. The fourth-order valence-corrected chi connectivity index (χ4v) is 1.59. The summed E-state index contributed by atoms with van der Waals surface area (Å²) in [5.74, 6) is 0.599. The van der Waals surface area contributed by atoms with Crippen molar-refractivity contribution in [3.05, 3.63) is 0 Å². The van der Waals surface area contributed by atoms with E-state index in [9.17, 15) is 4.79 Å². The van der Waals surface area contributed by atoms with Crippen molar-refractivity contribution in [2.45, 2.75) is 65.3 Å². The SMILES string of the molecule is CCCCCCCC(C)C(C)NC=O. The lowest BCUT2D eigenvalue weighted by Crippen LogP contribution is -2.30. The van der Waals surface area contributed by atoms with Gasteiger partial charge in [0.1, 0.15) is 0 Å². The second-order valence-electron chi connectivity index (χ2n) is 4.25. The highest BCUT2D eigenvalue weighted by molar-refractivity contribution is 5.46. The fourth-order valence-electron chi connectivity index (χ4n) is 1.59. The third-order valence-corrected chi connectivity index (χ3v) is 2.95. The first kappa shape index (κ1) is 13.5. The van der Waals surface area contributed by atoms with Gasteiger partial charge < -0.3 is 5.32 Å². The maximum absolute atomic E-state index is 10.2. The molecule has 84 valence electrons. The first-order valence-corrected chi connectivity index (χ1v) is 5.92. The second kappa shape index (κ2) is 9.04. The van der Waals surface area contributed by atoms with Crippen LogP contribution < -0.4 is 5.32 Å². The van der Waals surface area contributed by atoms with Gasteiger partial charge in [0.05, 0.1) is 0 Å². The number of hydrogen-bond donors (Lipinski definition) is 1. The van der Waals surface area contributed by atoms with E-state index in [0.29, 0.717) is 12.0 Å². The van der Waals surface area contributed by atoms with Crippen LogP contribution in [0.2, 0.25) is 0 Å². The van der Waals surface area contributed by atoms with E-state index in [0.717, 1.165) is 6.41 Å². The van der Waals surface area contributed by atoms with Crippen LogP contribution in [0.25, 0.3) is 0 Å². The average Bonchev–Trinajstić information content (AvgIpc) is 2.17. The highest BCUT2D eigenvalue weighted by Gasteiger charge is 2.09. The van der Waals surface area contributed by atoms with Crippen molar-refractivity contribution < 1.29 is 4.79 Å². The summed E-state index contributed by atoms with van der Waals surface area (Å²) in [6.45, 7) is 6.52. The minimum absolute atomic E-state index is 0.318. The van der Waals surface area contributed by atoms with Crippen LogP contribution in [0.4, 0.5) is 0 Å². The molecule has 2 nitrogen and oxygen atoms in total. The van der Waals surface area contributed by atoms with E-state index in [4.69, 9.17) is 0 Å². The van der Waals surface area contributed by atoms with Gasteiger partial charge in [-0.3, -0.25) is 4.79 Å². The Labute approximate surface area is 88.5 Å². The number of hydrogen-bond acceptors (Lipinski definition) is 1. The van der Waals surface area contributed by atoms with E-state index in [2.05, 4.69) is 26.1 Å². The molecule has 14 heavy (non-hydrogen) atoms. The molecule has 0 aromatic carbocycles. The lowest BCUT2D eigenvalue weighted by Gasteiger charge is -2.18. The molecule has 0 radical (unpaired) electrons. The summed E-state index contributed by atoms with van der Waals surface area (Å²) < 4.78 is 0. The molecule has 2 atom stereocenters. The van der Waals surface area contributed by atoms with Gasteiger partial charge in [-0.25, -0.2) is 0 Å². The summed E-state index contributed by atoms with van der Waals surface area (Å²) >= 11 is 0. The number of amides is 1. The molecule has 0 spiro atoms. The van der Waals surface area contributed by atoms with Gasteiger partial charge in [-0.1, -0.05) is 46.0 Å². The Morgan fingerprint density at radius 1 is 1.14 bits per heavy atom. The Bertz CT molecular complexity index is 136. The van der Waals surface area contributed by atoms with Gasteiger partial charge in [0.2, 0.25) is 6.41 Å². The number of rotatable bonds is 9. The summed E-state index contributed by atoms with van der Waals surface area (Å²) in [6.07, 6.45) is 8.69. The van der Waals surface area contributed by atoms with E-state index in [-0.39, 0.29) is 0 Å². The highest BCUT2D eigenvalue weighted by Crippen LogP contribution is 2.14. The van der Waals surface area contributed by atoms with Crippen molar-refractivity contribution in [3.63, 3.8) is 0 Å². The van der Waals surface area contributed by atoms with Crippen LogP contribution in [0.5, 0.6) is 0 Å². The van der Waals surface area contributed by atoms with E-state index >= 15 is 0 Å². The molecule has 0 heterocycles. The van der Waals surface area contributed by atoms with Crippen molar-refractivity contribution in [2.75, 3.05) is 0 Å². The summed E-state index contributed by atoms with van der Waals surface area (Å²) in [5, 5.41) is 2.82. The third-order valence-electron chi connectivity index (χ3n) is 2.95. The second-order valence-corrected chi connectivity index (χ2v) is 4.25. The molecule has 0 saturated carbocycles. The van der Waals surface area contributed by atoms with E-state index in [1.807, 2.05) is 0 Å². The van der Waals surface area contributed by atoms with Crippen molar-refractivity contribution in [3.8, 4) is 0 Å². The quantitative estimate of drug-likeness (QED) is 0.448. The van der Waals surface area contributed by atoms with Gasteiger partial charge in [0.25, 0.3) is 0 Å². The van der Waals surface area contributed by atoms with Crippen molar-refractivity contribution in [1.29, 1.82) is 0 Å². The third kappa shape index (κ3) is 6.93. The Balaban J connectivity index is 3.33. The predicted octanol–water partition coefficient (Wildman–Crippen LogP) is 3.12. The Hall–Kier alpha value is -0.530. The molecule has 0 aromatic heterocycles. The molecule has 1 N–H and O–H groups in total. The number of unbranched alkanes of at least 4 members (excludes halogenated alkanes) is 4. The Morgan fingerprint density at radius 2 is 1.79 bits per heavy atom. The van der Waals surface area contributed by atoms with Crippen molar-refractivity contribution >= 4 is 6.41 Å². The minimum Gasteiger partial charge on any atom is -0.356 e. The van der Waals surface area contributed by atoms with E-state index in [1.54, 1.807) is 0 Å². The highest BCUT2D eigenvalue weighted by atomic mass is 16.1. The minimum atomic E-state index is 0.318. The van der Waals surface area contributed by atoms with E-state index in [1.165, 1.54) is 38.5 Å². The van der Waals surface area contributed by atoms with Crippen molar-refractivity contribution in [1.82, 2.24) is 5.32 Å². The van der Waals surface area contributed by atoms with Gasteiger partial charge >= 0.3 is 0 Å². The van der Waals surface area contributed by atoms with Gasteiger partial charge in [-0.2, -0.15) is 0 Å². The Morgan fingerprint density at radius 3 is 2.36 bits per heavy atom. The molecule has 0 aliphatic carbocycles. The molecule has 0 saturated heterocycles. The molecule has 0 aliphatic heterocycles. The first-order chi connectivity index (χ1) is 6.72. The first-order valence-electron chi connectivity index (χ1n) is 5.92. The van der Waals surface area contributed by atoms with Crippen LogP contribution in [0.1, 0.15) is 59.3 Å². The topological polar surface area (TPSA) is 29.1 Å². The molecule has 0 bridgehead atoms. The molecular formula is C12H25NO. The molecule has 2 unspecified atom stereocenters. The van der Waals surface area contributed by atoms with Crippen LogP contribution in [-0.4, -0.2) is 12.5 Å². The zero-order valence-electron chi connectivity index (χ0n) is 9.88. The maximum Gasteiger partial charge on any atom is 0.207 e. The van der Waals surface area contributed by atoms with Gasteiger partial charge in [-0.15, -0.1) is 0 Å². The monoisotopic (exact) mass is 199 g/mol. The summed E-state index contributed by atoms with van der Waals surface area (Å²) in [5.41, 5.74) is 0. The smallest absolute Gasteiger partial charge is 0.207 e.